The average molecular weight is 216 g/mol. The second kappa shape index (κ2) is 5.29. The molecule has 0 aliphatic heterocycles. The van der Waals surface area contributed by atoms with Crippen molar-refractivity contribution in [2.75, 3.05) is 6.26 Å². The molecule has 1 N–H and O–H groups in total. The van der Waals surface area contributed by atoms with Gasteiger partial charge in [0.25, 0.3) is 0 Å². The van der Waals surface area contributed by atoms with E-state index in [-0.39, 0.29) is 0 Å². The first kappa shape index (κ1) is 9.70. The number of thiocarbonyl (C=S) groups is 1. The minimum absolute atomic E-state index is 0.683. The molecule has 1 aromatic rings. The van der Waals surface area contributed by atoms with E-state index in [1.165, 1.54) is 11.8 Å². The summed E-state index contributed by atoms with van der Waals surface area (Å²) in [5.41, 5.74) is 2.74. The average Bonchev–Trinajstić information content (AvgIpc) is 2.57. The van der Waals surface area contributed by atoms with Gasteiger partial charge in [0.05, 0.1) is 6.21 Å². The topological polar surface area (TPSA) is 24.4 Å². The van der Waals surface area contributed by atoms with Crippen molar-refractivity contribution in [2.45, 2.75) is 0 Å². The van der Waals surface area contributed by atoms with Gasteiger partial charge in [-0.05, 0) is 17.7 Å². The first-order valence-electron chi connectivity index (χ1n) is 3.23. The lowest BCUT2D eigenvalue weighted by atomic mass is 10.5. The molecular formula is C7H8N2S3. The van der Waals surface area contributed by atoms with E-state index >= 15 is 0 Å². The number of thiophene rings is 1. The summed E-state index contributed by atoms with van der Waals surface area (Å²) in [5.74, 6) is 0. The zero-order valence-corrected chi connectivity index (χ0v) is 8.93. The highest BCUT2D eigenvalue weighted by atomic mass is 32.2. The smallest absolute Gasteiger partial charge is 0.153 e. The highest BCUT2D eigenvalue weighted by Gasteiger charge is 1.88. The van der Waals surface area contributed by atoms with Gasteiger partial charge in [0, 0.05) is 4.88 Å². The van der Waals surface area contributed by atoms with Crippen LogP contribution < -0.4 is 5.43 Å². The zero-order valence-electron chi connectivity index (χ0n) is 6.48. The van der Waals surface area contributed by atoms with Gasteiger partial charge in [-0.3, -0.25) is 5.43 Å². The zero-order chi connectivity index (χ0) is 8.81. The Morgan fingerprint density at radius 2 is 2.67 bits per heavy atom. The Morgan fingerprint density at radius 3 is 3.25 bits per heavy atom. The fourth-order valence-corrected chi connectivity index (χ4v) is 1.34. The van der Waals surface area contributed by atoms with Crippen LogP contribution in [0.4, 0.5) is 0 Å². The van der Waals surface area contributed by atoms with Crippen LogP contribution in [0.15, 0.2) is 22.6 Å². The van der Waals surface area contributed by atoms with E-state index in [4.69, 9.17) is 12.2 Å². The molecule has 5 heteroatoms. The third kappa shape index (κ3) is 3.34. The Bertz CT molecular complexity index is 266. The molecule has 0 aliphatic carbocycles. The first-order chi connectivity index (χ1) is 5.83. The predicted molar refractivity (Wildman–Crippen MR) is 61.2 cm³/mol. The van der Waals surface area contributed by atoms with E-state index in [9.17, 15) is 0 Å². The van der Waals surface area contributed by atoms with Gasteiger partial charge in [-0.2, -0.15) is 5.10 Å². The lowest BCUT2D eigenvalue weighted by Crippen LogP contribution is -2.09. The number of rotatable bonds is 2. The Labute approximate surface area is 85.1 Å². The predicted octanol–water partition coefficient (Wildman–Crippen LogP) is 2.32. The molecule has 12 heavy (non-hydrogen) atoms. The molecule has 0 radical (unpaired) electrons. The van der Waals surface area contributed by atoms with Crippen molar-refractivity contribution >= 4 is 45.9 Å². The molecule has 2 nitrogen and oxygen atoms in total. The van der Waals surface area contributed by atoms with E-state index in [2.05, 4.69) is 10.5 Å². The lowest BCUT2D eigenvalue weighted by molar-refractivity contribution is 1.07. The van der Waals surface area contributed by atoms with Gasteiger partial charge >= 0.3 is 0 Å². The van der Waals surface area contributed by atoms with Crippen LogP contribution in [0.1, 0.15) is 4.88 Å². The summed E-state index contributed by atoms with van der Waals surface area (Å²) in [6.07, 6.45) is 3.67. The van der Waals surface area contributed by atoms with Crippen LogP contribution in [0.3, 0.4) is 0 Å². The minimum Gasteiger partial charge on any atom is -0.262 e. The van der Waals surface area contributed by atoms with Crippen LogP contribution >= 0.6 is 35.3 Å². The fourth-order valence-electron chi connectivity index (χ4n) is 0.559. The largest absolute Gasteiger partial charge is 0.262 e. The van der Waals surface area contributed by atoms with Crippen molar-refractivity contribution in [3.63, 3.8) is 0 Å². The summed E-state index contributed by atoms with van der Waals surface area (Å²) < 4.78 is 0.683. The van der Waals surface area contributed by atoms with Crippen LogP contribution in [0, 0.1) is 0 Å². The molecule has 0 unspecified atom stereocenters. The molecule has 0 saturated heterocycles. The van der Waals surface area contributed by atoms with Gasteiger partial charge < -0.3 is 0 Å². The van der Waals surface area contributed by atoms with Crippen LogP contribution in [-0.2, 0) is 0 Å². The van der Waals surface area contributed by atoms with E-state index < -0.39 is 0 Å². The molecule has 0 atom stereocenters. The molecule has 1 aromatic heterocycles. The molecule has 0 bridgehead atoms. The molecule has 0 aromatic carbocycles. The Balaban J connectivity index is 2.37. The second-order valence-corrected chi connectivity index (χ2v) is 4.34. The molecule has 0 aliphatic rings. The molecule has 0 saturated carbocycles. The summed E-state index contributed by atoms with van der Waals surface area (Å²) >= 11 is 8.01. The van der Waals surface area contributed by atoms with E-state index in [0.717, 1.165) is 4.88 Å². The molecule has 1 heterocycles. The maximum Gasteiger partial charge on any atom is 0.153 e. The van der Waals surface area contributed by atoms with E-state index in [0.29, 0.717) is 4.32 Å². The number of hydrazone groups is 1. The molecular weight excluding hydrogens is 208 g/mol. The van der Waals surface area contributed by atoms with Crippen molar-refractivity contribution in [3.8, 4) is 0 Å². The van der Waals surface area contributed by atoms with Crippen molar-refractivity contribution in [3.05, 3.63) is 22.4 Å². The molecule has 64 valence electrons. The van der Waals surface area contributed by atoms with Crippen LogP contribution in [0.2, 0.25) is 0 Å². The third-order valence-corrected chi connectivity index (χ3v) is 2.94. The van der Waals surface area contributed by atoms with Crippen molar-refractivity contribution in [2.24, 2.45) is 5.10 Å². The maximum atomic E-state index is 4.89. The third-order valence-electron chi connectivity index (χ3n) is 1.08. The number of nitrogens with zero attached hydrogens (tertiary/aromatic N) is 1. The number of nitrogens with one attached hydrogen (secondary N) is 1. The van der Waals surface area contributed by atoms with Gasteiger partial charge in [0.2, 0.25) is 0 Å². The van der Waals surface area contributed by atoms with Crippen molar-refractivity contribution in [1.82, 2.24) is 5.43 Å². The summed E-state index contributed by atoms with van der Waals surface area (Å²) in [6.45, 7) is 0. The summed E-state index contributed by atoms with van der Waals surface area (Å²) in [6, 6.07) is 3.98. The van der Waals surface area contributed by atoms with Crippen LogP contribution in [0.25, 0.3) is 0 Å². The number of hydrogen-bond donors (Lipinski definition) is 1. The SMILES string of the molecule is CSC(=S)NN=Cc1cccs1. The minimum atomic E-state index is 0.683. The number of thioether (sulfide) groups is 1. The highest BCUT2D eigenvalue weighted by Crippen LogP contribution is 2.04. The molecule has 1 rings (SSSR count). The van der Waals surface area contributed by atoms with Crippen LogP contribution in [0.5, 0.6) is 0 Å². The summed E-state index contributed by atoms with van der Waals surface area (Å²) in [4.78, 5) is 1.12. The van der Waals surface area contributed by atoms with E-state index in [1.54, 1.807) is 17.6 Å². The van der Waals surface area contributed by atoms with E-state index in [1.807, 2.05) is 23.8 Å². The summed E-state index contributed by atoms with van der Waals surface area (Å²) in [7, 11) is 0. The lowest BCUT2D eigenvalue weighted by Gasteiger charge is -1.94. The first-order valence-corrected chi connectivity index (χ1v) is 5.74. The second-order valence-electron chi connectivity index (χ2n) is 1.88. The maximum absolute atomic E-state index is 4.89. The Kier molecular flexibility index (Phi) is 4.27. The molecule has 0 fully saturated rings. The molecule has 0 spiro atoms. The van der Waals surface area contributed by atoms with Gasteiger partial charge in [0.15, 0.2) is 4.32 Å². The van der Waals surface area contributed by atoms with Gasteiger partial charge in [-0.15, -0.1) is 11.3 Å². The van der Waals surface area contributed by atoms with Crippen molar-refractivity contribution in [1.29, 1.82) is 0 Å². The highest BCUT2D eigenvalue weighted by molar-refractivity contribution is 8.22. The Morgan fingerprint density at radius 1 is 1.83 bits per heavy atom. The fraction of sp³-hybridized carbons (Fsp3) is 0.143. The Hall–Kier alpha value is -0.390. The molecule has 0 amide bonds. The monoisotopic (exact) mass is 216 g/mol. The summed E-state index contributed by atoms with van der Waals surface area (Å²) in [5, 5.41) is 5.97. The standard InChI is InChI=1S/C7H8N2S3/c1-11-7(10)9-8-5-6-3-2-4-12-6/h2-5H,1H3,(H,9,10). The number of hydrogen-bond acceptors (Lipinski definition) is 4. The van der Waals surface area contributed by atoms with Gasteiger partial charge in [-0.25, -0.2) is 0 Å². The van der Waals surface area contributed by atoms with Crippen LogP contribution in [-0.4, -0.2) is 16.8 Å². The normalized spacial score (nSPS) is 10.4. The quantitative estimate of drug-likeness (QED) is 0.466. The van der Waals surface area contributed by atoms with Gasteiger partial charge in [0.1, 0.15) is 0 Å². The van der Waals surface area contributed by atoms with Gasteiger partial charge in [-0.1, -0.05) is 30.0 Å². The van der Waals surface area contributed by atoms with Crippen molar-refractivity contribution < 1.29 is 0 Å².